The van der Waals surface area contributed by atoms with E-state index in [1.807, 2.05) is 0 Å². The maximum Gasteiger partial charge on any atom is 0.295 e. The molecule has 7 nitrogen and oxygen atoms in total. The van der Waals surface area contributed by atoms with E-state index in [1.54, 1.807) is 6.07 Å². The van der Waals surface area contributed by atoms with Crippen molar-refractivity contribution in [3.05, 3.63) is 28.3 Å². The third-order valence-electron chi connectivity index (χ3n) is 3.79. The highest BCUT2D eigenvalue weighted by Gasteiger charge is 2.27. The summed E-state index contributed by atoms with van der Waals surface area (Å²) in [5.74, 6) is 0.208. The largest absolute Gasteiger partial charge is 0.423 e. The number of nitro groups is 1. The smallest absolute Gasteiger partial charge is 0.295 e. The number of aromatic nitrogens is 1. The first-order valence-electron chi connectivity index (χ1n) is 6.60. The summed E-state index contributed by atoms with van der Waals surface area (Å²) in [6, 6.07) is 4.83. The van der Waals surface area contributed by atoms with Gasteiger partial charge in [0.1, 0.15) is 5.52 Å². The van der Waals surface area contributed by atoms with Gasteiger partial charge >= 0.3 is 0 Å². The molecule has 0 amide bonds. The highest BCUT2D eigenvalue weighted by Crippen LogP contribution is 2.30. The summed E-state index contributed by atoms with van der Waals surface area (Å²) in [4.78, 5) is 14.5. The number of aliphatic hydroxyl groups excluding tert-OH is 1. The van der Waals surface area contributed by atoms with E-state index in [9.17, 15) is 15.2 Å². The topological polar surface area (TPSA) is 101 Å². The van der Waals surface area contributed by atoms with E-state index in [0.29, 0.717) is 17.1 Å². The molecule has 2 N–H and O–H groups in total. The standard InChI is InChI=1S/C13H15N3O4/c17-7-8-2-1-3-10(8)14-13-15-11-5-4-9(16(18)19)6-12(11)20-13/h4-6,8,10,17H,1-3,7H2,(H,14,15). The van der Waals surface area contributed by atoms with Gasteiger partial charge in [-0.05, 0) is 18.9 Å². The maximum absolute atomic E-state index is 10.7. The van der Waals surface area contributed by atoms with Crippen molar-refractivity contribution in [3.8, 4) is 0 Å². The number of nitrogens with zero attached hydrogens (tertiary/aromatic N) is 2. The van der Waals surface area contributed by atoms with Crippen molar-refractivity contribution in [2.24, 2.45) is 5.92 Å². The Labute approximate surface area is 114 Å². The quantitative estimate of drug-likeness (QED) is 0.656. The van der Waals surface area contributed by atoms with Gasteiger partial charge in [0, 0.05) is 24.6 Å². The summed E-state index contributed by atoms with van der Waals surface area (Å²) in [7, 11) is 0. The summed E-state index contributed by atoms with van der Waals surface area (Å²) in [5, 5.41) is 23.2. The number of benzene rings is 1. The lowest BCUT2D eigenvalue weighted by Crippen LogP contribution is -2.26. The predicted molar refractivity (Wildman–Crippen MR) is 72.5 cm³/mol. The minimum atomic E-state index is -0.464. The number of hydrogen-bond donors (Lipinski definition) is 2. The van der Waals surface area contributed by atoms with Crippen LogP contribution in [-0.2, 0) is 0 Å². The molecule has 1 aliphatic carbocycles. The SMILES string of the molecule is O=[N+]([O-])c1ccc2nc(NC3CCCC3CO)oc2c1. The van der Waals surface area contributed by atoms with Crippen LogP contribution in [-0.4, -0.2) is 27.7 Å². The lowest BCUT2D eigenvalue weighted by atomic mass is 10.1. The highest BCUT2D eigenvalue weighted by atomic mass is 16.6. The first-order chi connectivity index (χ1) is 9.67. The van der Waals surface area contributed by atoms with E-state index in [1.165, 1.54) is 12.1 Å². The average Bonchev–Trinajstić information content (AvgIpc) is 3.03. The number of rotatable bonds is 4. The molecule has 106 valence electrons. The molecule has 2 aromatic rings. The minimum Gasteiger partial charge on any atom is -0.423 e. The number of hydrogen-bond acceptors (Lipinski definition) is 6. The van der Waals surface area contributed by atoms with E-state index in [2.05, 4.69) is 10.3 Å². The van der Waals surface area contributed by atoms with Gasteiger partial charge in [-0.1, -0.05) is 6.42 Å². The molecule has 0 radical (unpaired) electrons. The molecular formula is C13H15N3O4. The molecule has 3 rings (SSSR count). The van der Waals surface area contributed by atoms with Gasteiger partial charge in [0.2, 0.25) is 0 Å². The molecule has 20 heavy (non-hydrogen) atoms. The van der Waals surface area contributed by atoms with Crippen molar-refractivity contribution in [3.63, 3.8) is 0 Å². The van der Waals surface area contributed by atoms with Crippen LogP contribution in [0.3, 0.4) is 0 Å². The van der Waals surface area contributed by atoms with Crippen molar-refractivity contribution in [1.82, 2.24) is 4.98 Å². The van der Waals surface area contributed by atoms with Gasteiger partial charge in [0.25, 0.3) is 11.7 Å². The van der Waals surface area contributed by atoms with E-state index < -0.39 is 4.92 Å². The number of aliphatic hydroxyl groups is 1. The number of fused-ring (bicyclic) bond motifs is 1. The third-order valence-corrected chi connectivity index (χ3v) is 3.79. The second-order valence-electron chi connectivity index (χ2n) is 5.05. The van der Waals surface area contributed by atoms with Crippen LogP contribution in [0.15, 0.2) is 22.6 Å². The van der Waals surface area contributed by atoms with Crippen LogP contribution in [0.2, 0.25) is 0 Å². The van der Waals surface area contributed by atoms with E-state index in [-0.39, 0.29) is 24.3 Å². The second kappa shape index (κ2) is 5.09. The summed E-state index contributed by atoms with van der Waals surface area (Å²) in [5.41, 5.74) is 0.950. The normalized spacial score (nSPS) is 22.2. The highest BCUT2D eigenvalue weighted by molar-refractivity contribution is 5.77. The van der Waals surface area contributed by atoms with Gasteiger partial charge < -0.3 is 14.8 Å². The van der Waals surface area contributed by atoms with Crippen molar-refractivity contribution < 1.29 is 14.4 Å². The third kappa shape index (κ3) is 2.32. The summed E-state index contributed by atoms with van der Waals surface area (Å²) in [6.45, 7) is 0.142. The Morgan fingerprint density at radius 1 is 1.50 bits per heavy atom. The van der Waals surface area contributed by atoms with Crippen LogP contribution < -0.4 is 5.32 Å². The van der Waals surface area contributed by atoms with Crippen LogP contribution in [0.25, 0.3) is 11.1 Å². The number of anilines is 1. The zero-order valence-electron chi connectivity index (χ0n) is 10.8. The molecule has 0 bridgehead atoms. The van der Waals surface area contributed by atoms with Crippen LogP contribution in [0.4, 0.5) is 11.7 Å². The Morgan fingerprint density at radius 2 is 2.35 bits per heavy atom. The second-order valence-corrected chi connectivity index (χ2v) is 5.05. The van der Waals surface area contributed by atoms with Gasteiger partial charge in [0.05, 0.1) is 11.0 Å². The first-order valence-corrected chi connectivity index (χ1v) is 6.60. The molecule has 2 atom stereocenters. The van der Waals surface area contributed by atoms with Gasteiger partial charge in [-0.2, -0.15) is 4.98 Å². The number of non-ortho nitro benzene ring substituents is 1. The lowest BCUT2D eigenvalue weighted by Gasteiger charge is -2.17. The zero-order valence-corrected chi connectivity index (χ0v) is 10.8. The van der Waals surface area contributed by atoms with Crippen LogP contribution in [0.1, 0.15) is 19.3 Å². The Bertz CT molecular complexity index is 640. The number of nitro benzene ring substituents is 1. The summed E-state index contributed by atoms with van der Waals surface area (Å²) in [6.07, 6.45) is 3.01. The van der Waals surface area contributed by atoms with Gasteiger partial charge in [0.15, 0.2) is 5.58 Å². The van der Waals surface area contributed by atoms with Gasteiger partial charge in [-0.15, -0.1) is 0 Å². The Balaban J connectivity index is 1.84. The molecular weight excluding hydrogens is 262 g/mol. The van der Waals surface area contributed by atoms with E-state index >= 15 is 0 Å². The fourth-order valence-corrected chi connectivity index (χ4v) is 2.69. The van der Waals surface area contributed by atoms with Crippen molar-refractivity contribution in [2.45, 2.75) is 25.3 Å². The molecule has 7 heteroatoms. The molecule has 0 saturated heterocycles. The van der Waals surface area contributed by atoms with Crippen LogP contribution in [0.5, 0.6) is 0 Å². The molecule has 2 unspecified atom stereocenters. The van der Waals surface area contributed by atoms with Crippen molar-refractivity contribution in [1.29, 1.82) is 0 Å². The zero-order chi connectivity index (χ0) is 14.1. The summed E-state index contributed by atoms with van der Waals surface area (Å²) < 4.78 is 5.51. The van der Waals surface area contributed by atoms with Crippen molar-refractivity contribution >= 4 is 22.8 Å². The predicted octanol–water partition coefficient (Wildman–Crippen LogP) is 2.31. The van der Waals surface area contributed by atoms with Crippen molar-refractivity contribution in [2.75, 3.05) is 11.9 Å². The van der Waals surface area contributed by atoms with Crippen LogP contribution in [0, 0.1) is 16.0 Å². The first kappa shape index (κ1) is 12.9. The van der Waals surface area contributed by atoms with Crippen LogP contribution >= 0.6 is 0 Å². The summed E-state index contributed by atoms with van der Waals surface area (Å²) >= 11 is 0. The molecule has 1 saturated carbocycles. The fraction of sp³-hybridized carbons (Fsp3) is 0.462. The molecule has 1 heterocycles. The molecule has 0 aliphatic heterocycles. The monoisotopic (exact) mass is 277 g/mol. The number of nitrogens with one attached hydrogen (secondary N) is 1. The van der Waals surface area contributed by atoms with Gasteiger partial charge in [-0.25, -0.2) is 0 Å². The van der Waals surface area contributed by atoms with E-state index in [4.69, 9.17) is 4.42 Å². The average molecular weight is 277 g/mol. The molecule has 1 aromatic carbocycles. The maximum atomic E-state index is 10.7. The van der Waals surface area contributed by atoms with E-state index in [0.717, 1.165) is 19.3 Å². The molecule has 0 spiro atoms. The molecule has 1 fully saturated rings. The number of oxazole rings is 1. The Morgan fingerprint density at radius 3 is 3.10 bits per heavy atom. The molecule has 1 aliphatic rings. The Kier molecular flexibility index (Phi) is 3.27. The minimum absolute atomic E-state index is 0.0192. The van der Waals surface area contributed by atoms with Gasteiger partial charge in [-0.3, -0.25) is 10.1 Å². The Hall–Kier alpha value is -2.15. The fourth-order valence-electron chi connectivity index (χ4n) is 2.69. The molecule has 1 aromatic heterocycles. The lowest BCUT2D eigenvalue weighted by molar-refractivity contribution is -0.384.